The highest BCUT2D eigenvalue weighted by molar-refractivity contribution is 6.10. The zero-order valence-electron chi connectivity index (χ0n) is 16.6. The van der Waals surface area contributed by atoms with E-state index in [2.05, 4.69) is 15.5 Å². The standard InChI is InChI=1S/C22H14F2N4O5/c23-14-6-12(7-15(24)10-14)5-11-1-4-18-17(8-11)20(27-26-18)25-21(29)16-3-2-13(22(30)31)9-19(16)28(32)33/h1-4,6-10H,5H2,(H,30,31)(H2,25,26,27,29). The molecule has 0 fully saturated rings. The van der Waals surface area contributed by atoms with Gasteiger partial charge in [0, 0.05) is 17.5 Å². The first kappa shape index (κ1) is 21.6. The lowest BCUT2D eigenvalue weighted by Crippen LogP contribution is -2.15. The summed E-state index contributed by atoms with van der Waals surface area (Å²) in [6.07, 6.45) is 0.214. The van der Waals surface area contributed by atoms with Gasteiger partial charge >= 0.3 is 5.97 Å². The molecule has 0 radical (unpaired) electrons. The van der Waals surface area contributed by atoms with E-state index >= 15 is 0 Å². The first-order valence-electron chi connectivity index (χ1n) is 9.46. The van der Waals surface area contributed by atoms with Crippen LogP contribution in [0.25, 0.3) is 10.9 Å². The number of nitro benzene ring substituents is 1. The lowest BCUT2D eigenvalue weighted by molar-refractivity contribution is -0.385. The number of H-pyrrole nitrogens is 1. The van der Waals surface area contributed by atoms with E-state index in [1.54, 1.807) is 18.2 Å². The van der Waals surface area contributed by atoms with Gasteiger partial charge < -0.3 is 10.4 Å². The van der Waals surface area contributed by atoms with E-state index in [9.17, 15) is 28.5 Å². The third-order valence-corrected chi connectivity index (χ3v) is 4.88. The minimum Gasteiger partial charge on any atom is -0.478 e. The van der Waals surface area contributed by atoms with Gasteiger partial charge in [0.05, 0.1) is 16.0 Å². The number of aromatic nitrogens is 2. The molecule has 0 aliphatic carbocycles. The van der Waals surface area contributed by atoms with Crippen molar-refractivity contribution in [2.45, 2.75) is 6.42 Å². The number of halogens is 2. The molecule has 0 spiro atoms. The highest BCUT2D eigenvalue weighted by atomic mass is 19.1. The van der Waals surface area contributed by atoms with Crippen LogP contribution >= 0.6 is 0 Å². The zero-order chi connectivity index (χ0) is 23.7. The maximum Gasteiger partial charge on any atom is 0.335 e. The molecule has 1 heterocycles. The normalized spacial score (nSPS) is 10.8. The van der Waals surface area contributed by atoms with E-state index < -0.39 is 34.1 Å². The number of carbonyl (C=O) groups is 2. The summed E-state index contributed by atoms with van der Waals surface area (Å²) in [4.78, 5) is 34.3. The summed E-state index contributed by atoms with van der Waals surface area (Å²) in [7, 11) is 0. The van der Waals surface area contributed by atoms with Crippen molar-refractivity contribution >= 4 is 34.3 Å². The third-order valence-electron chi connectivity index (χ3n) is 4.88. The molecular weight excluding hydrogens is 438 g/mol. The van der Waals surface area contributed by atoms with Crippen LogP contribution in [-0.4, -0.2) is 32.1 Å². The van der Waals surface area contributed by atoms with Crippen LogP contribution in [0, 0.1) is 21.7 Å². The first-order valence-corrected chi connectivity index (χ1v) is 9.46. The van der Waals surface area contributed by atoms with Gasteiger partial charge in [-0.05, 0) is 53.9 Å². The molecule has 0 aliphatic rings. The number of carboxylic acids is 1. The lowest BCUT2D eigenvalue weighted by Gasteiger charge is -2.06. The number of hydrogen-bond acceptors (Lipinski definition) is 5. The van der Waals surface area contributed by atoms with E-state index in [4.69, 9.17) is 5.11 Å². The van der Waals surface area contributed by atoms with Crippen molar-refractivity contribution in [3.05, 3.63) is 98.6 Å². The zero-order valence-corrected chi connectivity index (χ0v) is 16.6. The maximum atomic E-state index is 13.5. The number of rotatable bonds is 6. The molecule has 3 aromatic carbocycles. The second kappa shape index (κ2) is 8.46. The molecule has 0 aliphatic heterocycles. The average Bonchev–Trinajstić information content (AvgIpc) is 3.14. The van der Waals surface area contributed by atoms with Crippen LogP contribution in [0.1, 0.15) is 31.8 Å². The largest absolute Gasteiger partial charge is 0.478 e. The minimum atomic E-state index is -1.37. The summed E-state index contributed by atoms with van der Waals surface area (Å²) in [5.41, 5.74) is 0.307. The van der Waals surface area contributed by atoms with Gasteiger partial charge in [0.25, 0.3) is 11.6 Å². The second-order valence-electron chi connectivity index (χ2n) is 7.15. The molecule has 0 saturated carbocycles. The number of aromatic carboxylic acids is 1. The number of hydrogen-bond donors (Lipinski definition) is 3. The van der Waals surface area contributed by atoms with Crippen molar-refractivity contribution in [3.8, 4) is 0 Å². The van der Waals surface area contributed by atoms with Gasteiger partial charge in [0.2, 0.25) is 0 Å². The Labute approximate surface area is 183 Å². The summed E-state index contributed by atoms with van der Waals surface area (Å²) in [6.45, 7) is 0. The predicted molar refractivity (Wildman–Crippen MR) is 113 cm³/mol. The number of carboxylic acid groups (broad SMARTS) is 1. The summed E-state index contributed by atoms with van der Waals surface area (Å²) in [6, 6.07) is 11.2. The molecule has 0 saturated heterocycles. The number of carbonyl (C=O) groups excluding carboxylic acids is 1. The van der Waals surface area contributed by atoms with Crippen LogP contribution < -0.4 is 5.32 Å². The molecule has 9 nitrogen and oxygen atoms in total. The van der Waals surface area contributed by atoms with Gasteiger partial charge in [0.15, 0.2) is 5.82 Å². The molecule has 4 rings (SSSR count). The Kier molecular flexibility index (Phi) is 5.53. The topological polar surface area (TPSA) is 138 Å². The number of aromatic amines is 1. The van der Waals surface area contributed by atoms with Crippen LogP contribution in [0.15, 0.2) is 54.6 Å². The van der Waals surface area contributed by atoms with Gasteiger partial charge in [-0.25, -0.2) is 13.6 Å². The summed E-state index contributed by atoms with van der Waals surface area (Å²) in [5.74, 6) is -3.53. The summed E-state index contributed by atoms with van der Waals surface area (Å²) >= 11 is 0. The minimum absolute atomic E-state index is 0.0823. The third kappa shape index (κ3) is 4.51. The number of fused-ring (bicyclic) bond motifs is 1. The molecule has 0 unspecified atom stereocenters. The van der Waals surface area contributed by atoms with Crippen molar-refractivity contribution in [2.75, 3.05) is 5.32 Å². The van der Waals surface area contributed by atoms with Crippen molar-refractivity contribution in [2.24, 2.45) is 0 Å². The smallest absolute Gasteiger partial charge is 0.335 e. The molecule has 11 heteroatoms. The number of amides is 1. The SMILES string of the molecule is O=C(O)c1ccc(C(=O)Nc2n[nH]c3ccc(Cc4cc(F)cc(F)c4)cc23)c([N+](=O)[O-])c1. The second-order valence-corrected chi connectivity index (χ2v) is 7.15. The van der Waals surface area contributed by atoms with E-state index in [0.29, 0.717) is 22.0 Å². The highest BCUT2D eigenvalue weighted by Crippen LogP contribution is 2.26. The molecule has 0 bridgehead atoms. The molecule has 3 N–H and O–H groups in total. The Hall–Kier alpha value is -4.67. The van der Waals surface area contributed by atoms with Gasteiger partial charge in [-0.2, -0.15) is 5.10 Å². The molecule has 0 atom stereocenters. The first-order chi connectivity index (χ1) is 15.7. The van der Waals surface area contributed by atoms with Crippen LogP contribution in [-0.2, 0) is 6.42 Å². The van der Waals surface area contributed by atoms with Crippen LogP contribution in [0.3, 0.4) is 0 Å². The Morgan fingerprint density at radius 1 is 1.03 bits per heavy atom. The molecule has 166 valence electrons. The molecule has 33 heavy (non-hydrogen) atoms. The van der Waals surface area contributed by atoms with E-state index in [1.165, 1.54) is 12.1 Å². The van der Waals surface area contributed by atoms with Crippen molar-refractivity contribution < 1.29 is 28.4 Å². The quantitative estimate of drug-likeness (QED) is 0.295. The van der Waals surface area contributed by atoms with Crippen molar-refractivity contribution in [3.63, 3.8) is 0 Å². The Morgan fingerprint density at radius 2 is 1.76 bits per heavy atom. The lowest BCUT2D eigenvalue weighted by atomic mass is 10.0. The van der Waals surface area contributed by atoms with Crippen molar-refractivity contribution in [1.82, 2.24) is 10.2 Å². The predicted octanol–water partition coefficient (Wildman–Crippen LogP) is 4.29. The van der Waals surface area contributed by atoms with Crippen LogP contribution in [0.5, 0.6) is 0 Å². The van der Waals surface area contributed by atoms with E-state index in [-0.39, 0.29) is 23.4 Å². The van der Waals surface area contributed by atoms with Gasteiger partial charge in [-0.15, -0.1) is 0 Å². The van der Waals surface area contributed by atoms with Crippen molar-refractivity contribution in [1.29, 1.82) is 0 Å². The van der Waals surface area contributed by atoms with E-state index in [1.807, 2.05) is 0 Å². The number of benzene rings is 3. The monoisotopic (exact) mass is 452 g/mol. The van der Waals surface area contributed by atoms with Gasteiger partial charge in [-0.3, -0.25) is 20.0 Å². The van der Waals surface area contributed by atoms with Gasteiger partial charge in [-0.1, -0.05) is 6.07 Å². The van der Waals surface area contributed by atoms with E-state index in [0.717, 1.165) is 24.3 Å². The number of nitrogens with one attached hydrogen (secondary N) is 2. The fraction of sp³-hybridized carbons (Fsp3) is 0.0455. The molecule has 4 aromatic rings. The average molecular weight is 452 g/mol. The summed E-state index contributed by atoms with van der Waals surface area (Å²) < 4.78 is 27.0. The molecular formula is C22H14F2N4O5. The van der Waals surface area contributed by atoms with Gasteiger partial charge in [0.1, 0.15) is 17.2 Å². The number of nitro groups is 1. The van der Waals surface area contributed by atoms with Crippen LogP contribution in [0.4, 0.5) is 20.3 Å². The van der Waals surface area contributed by atoms with Crippen LogP contribution in [0.2, 0.25) is 0 Å². The number of anilines is 1. The Morgan fingerprint density at radius 3 is 2.42 bits per heavy atom. The highest BCUT2D eigenvalue weighted by Gasteiger charge is 2.23. The fourth-order valence-corrected chi connectivity index (χ4v) is 3.40. The Bertz CT molecular complexity index is 1410. The fourth-order valence-electron chi connectivity index (χ4n) is 3.40. The summed E-state index contributed by atoms with van der Waals surface area (Å²) in [5, 5.41) is 30.1. The Balaban J connectivity index is 1.64. The molecule has 1 amide bonds. The number of nitrogens with zero attached hydrogens (tertiary/aromatic N) is 2. The molecule has 1 aromatic heterocycles. The maximum absolute atomic E-state index is 13.5.